The first-order valence-corrected chi connectivity index (χ1v) is 9.60. The molecule has 0 radical (unpaired) electrons. The van der Waals surface area contributed by atoms with Crippen LogP contribution in [0.2, 0.25) is 0 Å². The van der Waals surface area contributed by atoms with Crippen molar-refractivity contribution in [3.63, 3.8) is 0 Å². The van der Waals surface area contributed by atoms with Crippen molar-refractivity contribution in [1.82, 2.24) is 10.9 Å². The van der Waals surface area contributed by atoms with Gasteiger partial charge in [0.2, 0.25) is 0 Å². The Morgan fingerprint density at radius 3 is 1.30 bits per heavy atom. The molecule has 1 heterocycles. The summed E-state index contributed by atoms with van der Waals surface area (Å²) in [5, 5.41) is -2.47. The van der Waals surface area contributed by atoms with Gasteiger partial charge in [-0.15, -0.1) is 11.6 Å². The van der Waals surface area contributed by atoms with E-state index < -0.39 is 65.1 Å². The fourth-order valence-corrected chi connectivity index (χ4v) is 3.55. The summed E-state index contributed by atoms with van der Waals surface area (Å²) in [6, 6.07) is 0.903. The molecule has 214 valence electrons. The second-order valence-electron chi connectivity index (χ2n) is 7.67. The van der Waals surface area contributed by atoms with E-state index in [0.29, 0.717) is 0 Å². The van der Waals surface area contributed by atoms with Crippen LogP contribution in [0.15, 0.2) is 30.3 Å². The second kappa shape index (κ2) is 8.89. The molecule has 3 atom stereocenters. The van der Waals surface area contributed by atoms with Crippen LogP contribution in [0.4, 0.5) is 74.6 Å². The summed E-state index contributed by atoms with van der Waals surface area (Å²) >= 11 is 5.54. The first-order chi connectivity index (χ1) is 16.2. The van der Waals surface area contributed by atoms with Gasteiger partial charge in [-0.25, -0.2) is 10.9 Å². The molecular formula is C17H10ClF17N2. The van der Waals surface area contributed by atoms with Gasteiger partial charge in [-0.2, -0.15) is 74.6 Å². The topological polar surface area (TPSA) is 24.1 Å². The number of hydrogen-bond acceptors (Lipinski definition) is 2. The highest BCUT2D eigenvalue weighted by Crippen LogP contribution is 2.64. The van der Waals surface area contributed by atoms with Gasteiger partial charge >= 0.3 is 47.6 Å². The van der Waals surface area contributed by atoms with Gasteiger partial charge in [-0.3, -0.25) is 0 Å². The monoisotopic (exact) mass is 600 g/mol. The van der Waals surface area contributed by atoms with Crippen LogP contribution in [0, 0.1) is 0 Å². The van der Waals surface area contributed by atoms with Gasteiger partial charge in [0.25, 0.3) is 0 Å². The number of hydrazine groups is 1. The molecule has 3 unspecified atom stereocenters. The number of halogens is 18. The standard InChI is InChI=1S/C17H10ClF17N2/c18-7-8(6-4-2-1-3-5-6)36-37-9(7)10(19,20)11(21,22)12(23,24)13(25,26)14(27,28)15(29,30)16(31,32)17(33,34)35/h1-5,7-9,36-37H. The Balaban J connectivity index is 2.54. The maximum atomic E-state index is 14.5. The number of nitrogens with one attached hydrogen (secondary N) is 2. The summed E-state index contributed by atoms with van der Waals surface area (Å²) in [5.74, 6) is -56.9. The van der Waals surface area contributed by atoms with Crippen LogP contribution in [0.3, 0.4) is 0 Å². The van der Waals surface area contributed by atoms with Gasteiger partial charge < -0.3 is 0 Å². The maximum absolute atomic E-state index is 14.5. The highest BCUT2D eigenvalue weighted by Gasteiger charge is 2.95. The van der Waals surface area contributed by atoms with E-state index in [9.17, 15) is 74.6 Å². The van der Waals surface area contributed by atoms with Crippen LogP contribution >= 0.6 is 11.6 Å². The van der Waals surface area contributed by atoms with Crippen molar-refractivity contribution in [2.75, 3.05) is 0 Å². The molecule has 1 fully saturated rings. The van der Waals surface area contributed by atoms with Gasteiger partial charge in [0.15, 0.2) is 0 Å². The predicted octanol–water partition coefficient (Wildman–Crippen LogP) is 6.82. The number of alkyl halides is 18. The molecular weight excluding hydrogens is 591 g/mol. The van der Waals surface area contributed by atoms with Crippen molar-refractivity contribution in [1.29, 1.82) is 0 Å². The lowest BCUT2D eigenvalue weighted by molar-refractivity contribution is -0.462. The zero-order valence-electron chi connectivity index (χ0n) is 16.9. The normalized spacial score (nSPS) is 23.5. The van der Waals surface area contributed by atoms with E-state index in [4.69, 9.17) is 11.6 Å². The Labute approximate surface area is 199 Å². The van der Waals surface area contributed by atoms with Gasteiger partial charge in [-0.05, 0) is 5.56 Å². The minimum atomic E-state index is -8.67. The third kappa shape index (κ3) is 4.18. The molecule has 1 aliphatic rings. The van der Waals surface area contributed by atoms with Crippen LogP contribution in [-0.2, 0) is 0 Å². The van der Waals surface area contributed by atoms with E-state index in [0.717, 1.165) is 12.1 Å². The van der Waals surface area contributed by atoms with Crippen molar-refractivity contribution < 1.29 is 74.6 Å². The fraction of sp³-hybridized carbons (Fsp3) is 0.647. The molecule has 0 aliphatic carbocycles. The molecule has 37 heavy (non-hydrogen) atoms. The quantitative estimate of drug-likeness (QED) is 0.253. The summed E-state index contributed by atoms with van der Waals surface area (Å²) in [6.07, 6.45) is -7.80. The van der Waals surface area contributed by atoms with Crippen molar-refractivity contribution in [3.8, 4) is 0 Å². The third-order valence-corrected chi connectivity index (χ3v) is 5.83. The molecule has 2 N–H and O–H groups in total. The maximum Gasteiger partial charge on any atom is 0.460 e. The fourth-order valence-electron chi connectivity index (χ4n) is 3.12. The molecule has 2 rings (SSSR count). The van der Waals surface area contributed by atoms with Crippen molar-refractivity contribution in [3.05, 3.63) is 35.9 Å². The summed E-state index contributed by atoms with van der Waals surface area (Å²) in [5.41, 5.74) is 2.97. The Morgan fingerprint density at radius 1 is 0.514 bits per heavy atom. The Hall–Kier alpha value is -1.76. The summed E-state index contributed by atoms with van der Waals surface area (Å²) in [4.78, 5) is 0. The first kappa shape index (κ1) is 31.5. The number of rotatable bonds is 8. The largest absolute Gasteiger partial charge is 0.460 e. The molecule has 20 heteroatoms. The van der Waals surface area contributed by atoms with E-state index >= 15 is 0 Å². The molecule has 1 aromatic rings. The molecule has 0 saturated carbocycles. The van der Waals surface area contributed by atoms with E-state index in [-0.39, 0.29) is 5.56 Å². The Bertz CT molecular complexity index is 962. The van der Waals surface area contributed by atoms with Gasteiger partial charge in [0, 0.05) is 0 Å². The summed E-state index contributed by atoms with van der Waals surface area (Å²) in [6.45, 7) is 0. The van der Waals surface area contributed by atoms with E-state index in [1.54, 1.807) is 0 Å². The minimum absolute atomic E-state index is 0.0886. The molecule has 0 bridgehead atoms. The van der Waals surface area contributed by atoms with Crippen LogP contribution in [-0.4, -0.2) is 59.1 Å². The van der Waals surface area contributed by atoms with Gasteiger partial charge in [0.05, 0.1) is 11.4 Å². The summed E-state index contributed by atoms with van der Waals surface area (Å²) < 4.78 is 229. The SMILES string of the molecule is FC(F)(F)C(F)(F)C(F)(F)C(F)(F)C(F)(F)C(F)(F)C(F)(F)C(F)(F)C1NNC(c2ccccc2)C1Cl. The summed E-state index contributed by atoms with van der Waals surface area (Å²) in [7, 11) is 0. The highest BCUT2D eigenvalue weighted by atomic mass is 35.5. The molecule has 2 nitrogen and oxygen atoms in total. The lowest BCUT2D eigenvalue weighted by atomic mass is 9.86. The van der Waals surface area contributed by atoms with E-state index in [1.165, 1.54) is 23.6 Å². The molecule has 0 amide bonds. The van der Waals surface area contributed by atoms with Crippen LogP contribution in [0.5, 0.6) is 0 Å². The Kier molecular flexibility index (Phi) is 7.56. The van der Waals surface area contributed by atoms with Crippen LogP contribution < -0.4 is 10.9 Å². The average Bonchev–Trinajstić information content (AvgIpc) is 3.14. The zero-order chi connectivity index (χ0) is 29.3. The molecule has 0 spiro atoms. The van der Waals surface area contributed by atoms with Crippen molar-refractivity contribution in [2.24, 2.45) is 0 Å². The predicted molar refractivity (Wildman–Crippen MR) is 89.6 cm³/mol. The lowest BCUT2D eigenvalue weighted by Gasteiger charge is -2.43. The van der Waals surface area contributed by atoms with Gasteiger partial charge in [0.1, 0.15) is 6.04 Å². The third-order valence-electron chi connectivity index (χ3n) is 5.33. The Morgan fingerprint density at radius 2 is 0.892 bits per heavy atom. The van der Waals surface area contributed by atoms with Crippen LogP contribution in [0.1, 0.15) is 11.6 Å². The zero-order valence-corrected chi connectivity index (χ0v) is 17.7. The minimum Gasteiger partial charge on any atom is -0.248 e. The first-order valence-electron chi connectivity index (χ1n) is 9.16. The lowest BCUT2D eigenvalue weighted by Crippen LogP contribution is -2.76. The second-order valence-corrected chi connectivity index (χ2v) is 8.17. The van der Waals surface area contributed by atoms with Crippen molar-refractivity contribution in [2.45, 2.75) is 65.1 Å². The van der Waals surface area contributed by atoms with Gasteiger partial charge in [-0.1, -0.05) is 30.3 Å². The van der Waals surface area contributed by atoms with Crippen LogP contribution in [0.25, 0.3) is 0 Å². The molecule has 1 saturated heterocycles. The number of hydrogen-bond donors (Lipinski definition) is 2. The van der Waals surface area contributed by atoms with E-state index in [1.807, 2.05) is 5.43 Å². The molecule has 1 aliphatic heterocycles. The van der Waals surface area contributed by atoms with Crippen molar-refractivity contribution >= 4 is 11.6 Å². The average molecular weight is 601 g/mol. The van der Waals surface area contributed by atoms with E-state index in [2.05, 4.69) is 0 Å². The highest BCUT2D eigenvalue weighted by molar-refractivity contribution is 6.22. The smallest absolute Gasteiger partial charge is 0.248 e. The molecule has 1 aromatic carbocycles. The molecule has 0 aromatic heterocycles. The number of benzene rings is 1.